The molecule has 3 heterocycles. The molecule has 0 amide bonds. The van der Waals surface area contributed by atoms with Crippen LogP contribution in [0.5, 0.6) is 0 Å². The van der Waals surface area contributed by atoms with Gasteiger partial charge in [0.1, 0.15) is 11.7 Å². The normalized spacial score (nSPS) is 14.9. The van der Waals surface area contributed by atoms with Gasteiger partial charge >= 0.3 is 0 Å². The maximum Gasteiger partial charge on any atom is 0.288 e. The van der Waals surface area contributed by atoms with Gasteiger partial charge in [-0.05, 0) is 29.8 Å². The Labute approximate surface area is 160 Å². The van der Waals surface area contributed by atoms with E-state index in [1.807, 2.05) is 62.4 Å². The molecule has 2 aromatic heterocycles. The molecule has 1 atom stereocenters. The van der Waals surface area contributed by atoms with E-state index in [0.29, 0.717) is 17.3 Å². The highest BCUT2D eigenvalue weighted by Crippen LogP contribution is 2.40. The summed E-state index contributed by atoms with van der Waals surface area (Å²) in [5.74, 6) is 0.421. The average molecular weight is 371 g/mol. The van der Waals surface area contributed by atoms with E-state index in [1.165, 1.54) is 0 Å². The van der Waals surface area contributed by atoms with Gasteiger partial charge in [0, 0.05) is 11.1 Å². The van der Waals surface area contributed by atoms with E-state index in [0.717, 1.165) is 27.8 Å². The number of nitrogens with zero attached hydrogens (tertiary/aromatic N) is 5. The van der Waals surface area contributed by atoms with Gasteiger partial charge in [0.2, 0.25) is 5.95 Å². The molecule has 8 heteroatoms. The van der Waals surface area contributed by atoms with Crippen molar-refractivity contribution in [1.82, 2.24) is 30.4 Å². The van der Waals surface area contributed by atoms with E-state index >= 15 is 0 Å². The summed E-state index contributed by atoms with van der Waals surface area (Å²) in [5, 5.41) is 22.0. The topological polar surface area (TPSA) is 101 Å². The van der Waals surface area contributed by atoms with E-state index < -0.39 is 0 Å². The van der Waals surface area contributed by atoms with E-state index in [2.05, 4.69) is 31.0 Å². The molecule has 8 nitrogen and oxygen atoms in total. The maximum atomic E-state index is 12.6. The van der Waals surface area contributed by atoms with Crippen molar-refractivity contribution in [2.45, 2.75) is 19.9 Å². The second kappa shape index (κ2) is 6.12. The van der Waals surface area contributed by atoms with Gasteiger partial charge in [0.25, 0.3) is 5.56 Å². The third-order valence-electron chi connectivity index (χ3n) is 4.99. The van der Waals surface area contributed by atoms with E-state index in [-0.39, 0.29) is 11.6 Å². The minimum Gasteiger partial charge on any atom is -0.318 e. The Balaban J connectivity index is 1.81. The highest BCUT2D eigenvalue weighted by atomic mass is 16.1. The quantitative estimate of drug-likeness (QED) is 0.495. The lowest BCUT2D eigenvalue weighted by Gasteiger charge is -2.27. The van der Waals surface area contributed by atoms with Crippen LogP contribution in [0.4, 0.5) is 11.6 Å². The fourth-order valence-corrected chi connectivity index (χ4v) is 3.53. The Hall–Kier alpha value is -3.81. The fourth-order valence-electron chi connectivity index (χ4n) is 3.53. The van der Waals surface area contributed by atoms with Crippen LogP contribution < -0.4 is 10.9 Å². The standard InChI is InChI=1S/C20H17N7O/c1-11-3-7-13(8-4-11)16-15-17(19(28)23-22-16)21-20-24-25-26-27(20)18(15)14-9-5-12(2)6-10-14/h3-10,18H,1-2H3,(H,23,28)(H,21,24,26). The van der Waals surface area contributed by atoms with Gasteiger partial charge in [-0.1, -0.05) is 64.8 Å². The number of hydrogen-bond acceptors (Lipinski definition) is 6. The Morgan fingerprint density at radius 2 is 1.64 bits per heavy atom. The highest BCUT2D eigenvalue weighted by Gasteiger charge is 2.34. The van der Waals surface area contributed by atoms with Gasteiger partial charge in [-0.15, -0.1) is 0 Å². The first-order valence-electron chi connectivity index (χ1n) is 8.93. The Morgan fingerprint density at radius 1 is 0.964 bits per heavy atom. The van der Waals surface area contributed by atoms with Gasteiger partial charge in [-0.25, -0.2) is 5.10 Å². The number of hydrogen-bond donors (Lipinski definition) is 2. The number of tetrazole rings is 1. The molecule has 1 aliphatic heterocycles. The molecule has 0 bridgehead atoms. The first-order valence-corrected chi connectivity index (χ1v) is 8.93. The molecule has 5 rings (SSSR count). The molecule has 138 valence electrons. The summed E-state index contributed by atoms with van der Waals surface area (Å²) >= 11 is 0. The number of aromatic amines is 1. The number of fused-ring (bicyclic) bond motifs is 2. The Kier molecular flexibility index (Phi) is 3.58. The lowest BCUT2D eigenvalue weighted by atomic mass is 9.92. The number of anilines is 2. The molecule has 0 fully saturated rings. The van der Waals surface area contributed by atoms with Gasteiger partial charge in [0.15, 0.2) is 0 Å². The van der Waals surface area contributed by atoms with Crippen LogP contribution in [0.15, 0.2) is 53.3 Å². The van der Waals surface area contributed by atoms with E-state index in [9.17, 15) is 4.79 Å². The minimum atomic E-state index is -0.368. The predicted octanol–water partition coefficient (Wildman–Crippen LogP) is 2.73. The van der Waals surface area contributed by atoms with Crippen LogP contribution in [0.1, 0.15) is 28.3 Å². The third kappa shape index (κ3) is 2.50. The van der Waals surface area contributed by atoms with E-state index in [1.54, 1.807) is 4.68 Å². The van der Waals surface area contributed by atoms with Crippen LogP contribution in [0.25, 0.3) is 11.3 Å². The zero-order chi connectivity index (χ0) is 19.3. The summed E-state index contributed by atoms with van der Waals surface area (Å²) in [6.07, 6.45) is 0. The minimum absolute atomic E-state index is 0.308. The van der Waals surface area contributed by atoms with Crippen molar-refractivity contribution in [3.05, 3.63) is 81.1 Å². The van der Waals surface area contributed by atoms with E-state index in [4.69, 9.17) is 0 Å². The molecule has 2 aromatic carbocycles. The molecule has 0 saturated carbocycles. The van der Waals surface area contributed by atoms with Crippen LogP contribution >= 0.6 is 0 Å². The molecule has 0 radical (unpaired) electrons. The average Bonchev–Trinajstić information content (AvgIpc) is 3.17. The molecular weight excluding hydrogens is 354 g/mol. The SMILES string of the molecule is Cc1ccc(-c2n[nH]c(=O)c3c2C(c2ccc(C)cc2)n2nnnc2N3)cc1. The van der Waals surface area contributed by atoms with Gasteiger partial charge in [0.05, 0.1) is 5.69 Å². The van der Waals surface area contributed by atoms with Crippen molar-refractivity contribution < 1.29 is 0 Å². The summed E-state index contributed by atoms with van der Waals surface area (Å²) in [6, 6.07) is 15.8. The number of aromatic nitrogens is 6. The summed E-state index contributed by atoms with van der Waals surface area (Å²) < 4.78 is 1.69. The predicted molar refractivity (Wildman–Crippen MR) is 105 cm³/mol. The lowest BCUT2D eigenvalue weighted by molar-refractivity contribution is 0.567. The number of benzene rings is 2. The smallest absolute Gasteiger partial charge is 0.288 e. The monoisotopic (exact) mass is 371 g/mol. The zero-order valence-electron chi connectivity index (χ0n) is 15.3. The van der Waals surface area contributed by atoms with Gasteiger partial charge in [-0.3, -0.25) is 4.79 Å². The first-order chi connectivity index (χ1) is 13.6. The summed E-state index contributed by atoms with van der Waals surface area (Å²) in [5.41, 5.74) is 5.73. The number of aryl methyl sites for hydroxylation is 2. The molecule has 0 saturated heterocycles. The second-order valence-corrected chi connectivity index (χ2v) is 6.94. The highest BCUT2D eigenvalue weighted by molar-refractivity contribution is 5.75. The number of nitrogens with one attached hydrogen (secondary N) is 2. The largest absolute Gasteiger partial charge is 0.318 e. The van der Waals surface area contributed by atoms with Gasteiger partial charge in [-0.2, -0.15) is 9.78 Å². The van der Waals surface area contributed by atoms with Crippen molar-refractivity contribution in [2.75, 3.05) is 5.32 Å². The van der Waals surface area contributed by atoms with Crippen LogP contribution in [0.2, 0.25) is 0 Å². The molecule has 0 aliphatic carbocycles. The van der Waals surface area contributed by atoms with Crippen molar-refractivity contribution in [2.24, 2.45) is 0 Å². The van der Waals surface area contributed by atoms with Crippen LogP contribution in [-0.4, -0.2) is 30.4 Å². The van der Waals surface area contributed by atoms with Crippen molar-refractivity contribution in [1.29, 1.82) is 0 Å². The molecule has 28 heavy (non-hydrogen) atoms. The molecule has 0 spiro atoms. The summed E-state index contributed by atoms with van der Waals surface area (Å²) in [7, 11) is 0. The molecule has 2 N–H and O–H groups in total. The van der Waals surface area contributed by atoms with Gasteiger partial charge < -0.3 is 5.32 Å². The first kappa shape index (κ1) is 16.4. The van der Waals surface area contributed by atoms with Crippen LogP contribution in [-0.2, 0) is 0 Å². The second-order valence-electron chi connectivity index (χ2n) is 6.94. The molecule has 4 aromatic rings. The molecule has 1 unspecified atom stereocenters. The number of rotatable bonds is 2. The van der Waals surface area contributed by atoms with Crippen molar-refractivity contribution >= 4 is 11.6 Å². The van der Waals surface area contributed by atoms with Crippen molar-refractivity contribution in [3.63, 3.8) is 0 Å². The lowest BCUT2D eigenvalue weighted by Crippen LogP contribution is -2.29. The summed E-state index contributed by atoms with van der Waals surface area (Å²) in [6.45, 7) is 4.07. The molecular formula is C20H17N7O. The Bertz CT molecular complexity index is 1220. The number of H-pyrrole nitrogens is 1. The fraction of sp³-hybridized carbons (Fsp3) is 0.150. The third-order valence-corrected chi connectivity index (χ3v) is 4.99. The van der Waals surface area contributed by atoms with Crippen LogP contribution in [0, 0.1) is 13.8 Å². The maximum absolute atomic E-state index is 12.6. The van der Waals surface area contributed by atoms with Crippen molar-refractivity contribution in [3.8, 4) is 11.3 Å². The zero-order valence-corrected chi connectivity index (χ0v) is 15.3. The Morgan fingerprint density at radius 3 is 2.36 bits per heavy atom. The molecule has 1 aliphatic rings. The summed E-state index contributed by atoms with van der Waals surface area (Å²) in [4.78, 5) is 12.6. The van der Waals surface area contributed by atoms with Crippen LogP contribution in [0.3, 0.4) is 0 Å².